The molecular formula is C21H21N5OS2. The van der Waals surface area contributed by atoms with E-state index >= 15 is 0 Å². The monoisotopic (exact) mass is 423 g/mol. The Balaban J connectivity index is 1.44. The van der Waals surface area contributed by atoms with Crippen LogP contribution in [-0.4, -0.2) is 37.6 Å². The van der Waals surface area contributed by atoms with Crippen molar-refractivity contribution in [1.29, 1.82) is 0 Å². The number of hydrogen-bond donors (Lipinski definition) is 1. The molecule has 148 valence electrons. The van der Waals surface area contributed by atoms with Crippen LogP contribution in [0, 0.1) is 11.7 Å². The first-order valence-electron chi connectivity index (χ1n) is 9.32. The summed E-state index contributed by atoms with van der Waals surface area (Å²) in [7, 11) is 1.81. The summed E-state index contributed by atoms with van der Waals surface area (Å²) in [5.74, 6) is 0.794. The molecule has 2 aromatic heterocycles. The van der Waals surface area contributed by atoms with E-state index in [0.29, 0.717) is 24.3 Å². The third-order valence-corrected chi connectivity index (χ3v) is 6.05. The molecule has 29 heavy (non-hydrogen) atoms. The van der Waals surface area contributed by atoms with Gasteiger partial charge in [0.15, 0.2) is 10.6 Å². The Hall–Kier alpha value is -2.84. The average molecular weight is 424 g/mol. The van der Waals surface area contributed by atoms with Crippen molar-refractivity contribution in [3.63, 3.8) is 0 Å². The van der Waals surface area contributed by atoms with Crippen LogP contribution in [0.1, 0.15) is 17.0 Å². The van der Waals surface area contributed by atoms with E-state index in [4.69, 9.17) is 12.2 Å². The van der Waals surface area contributed by atoms with Crippen LogP contribution in [0.4, 0.5) is 0 Å². The maximum absolute atomic E-state index is 12.7. The molecule has 0 aliphatic rings. The Morgan fingerprint density at radius 1 is 1.24 bits per heavy atom. The van der Waals surface area contributed by atoms with Gasteiger partial charge in [-0.15, -0.1) is 11.3 Å². The first-order chi connectivity index (χ1) is 14.0. The van der Waals surface area contributed by atoms with Crippen LogP contribution in [0.2, 0.25) is 0 Å². The van der Waals surface area contributed by atoms with Crippen molar-refractivity contribution in [1.82, 2.24) is 24.6 Å². The molecule has 2 aromatic carbocycles. The lowest BCUT2D eigenvalue weighted by molar-refractivity contribution is -0.130. The number of fused-ring (bicyclic) bond motifs is 1. The second-order valence-corrected chi connectivity index (χ2v) is 8.45. The van der Waals surface area contributed by atoms with Crippen molar-refractivity contribution < 1.29 is 4.79 Å². The van der Waals surface area contributed by atoms with Gasteiger partial charge in [0.25, 0.3) is 0 Å². The van der Waals surface area contributed by atoms with Gasteiger partial charge in [-0.2, -0.15) is 5.10 Å². The fourth-order valence-corrected chi connectivity index (χ4v) is 4.45. The normalized spacial score (nSPS) is 11.1. The zero-order valence-corrected chi connectivity index (χ0v) is 17.9. The van der Waals surface area contributed by atoms with Crippen LogP contribution in [0.5, 0.6) is 0 Å². The first-order valence-corrected chi connectivity index (χ1v) is 10.5. The lowest BCUT2D eigenvalue weighted by Crippen LogP contribution is -2.27. The molecule has 0 aliphatic carbocycles. The quantitative estimate of drug-likeness (QED) is 0.461. The summed E-state index contributed by atoms with van der Waals surface area (Å²) < 4.78 is 3.53. The Kier molecular flexibility index (Phi) is 5.55. The predicted molar refractivity (Wildman–Crippen MR) is 118 cm³/mol. The molecule has 1 N–H and O–H groups in total. The minimum atomic E-state index is 0.0440. The number of nitrogens with zero attached hydrogens (tertiary/aromatic N) is 4. The second kappa shape index (κ2) is 8.26. The molecule has 0 atom stereocenters. The van der Waals surface area contributed by atoms with E-state index in [9.17, 15) is 4.79 Å². The number of hydrogen-bond acceptors (Lipinski definition) is 5. The summed E-state index contributed by atoms with van der Waals surface area (Å²) in [6.45, 7) is 3.01. The number of benzene rings is 2. The summed E-state index contributed by atoms with van der Waals surface area (Å²) >= 11 is 7.00. The number of aromatic nitrogens is 4. The van der Waals surface area contributed by atoms with Gasteiger partial charge in [0.2, 0.25) is 5.91 Å². The molecule has 0 aliphatic heterocycles. The molecule has 0 bridgehead atoms. The largest absolute Gasteiger partial charge is 0.339 e. The predicted octanol–water partition coefficient (Wildman–Crippen LogP) is 4.57. The fraction of sp³-hybridized carbons (Fsp3) is 0.238. The maximum Gasteiger partial charge on any atom is 0.224 e. The zero-order chi connectivity index (χ0) is 20.4. The molecule has 0 radical (unpaired) electrons. The smallest absolute Gasteiger partial charge is 0.224 e. The number of aryl methyl sites for hydroxylation is 1. The molecule has 2 heterocycles. The number of rotatable bonds is 6. The molecule has 0 unspecified atom stereocenters. The van der Waals surface area contributed by atoms with Crippen molar-refractivity contribution in [3.05, 3.63) is 63.9 Å². The molecule has 0 fully saturated rings. The van der Waals surface area contributed by atoms with Gasteiger partial charge in [-0.1, -0.05) is 35.9 Å². The Labute approximate surface area is 177 Å². The number of carbonyl (C=O) groups excluding carboxylic acids is 1. The van der Waals surface area contributed by atoms with E-state index in [-0.39, 0.29) is 5.91 Å². The van der Waals surface area contributed by atoms with E-state index in [1.54, 1.807) is 16.2 Å². The number of carbonyl (C=O) groups is 1. The summed E-state index contributed by atoms with van der Waals surface area (Å²) in [6, 6.07) is 16.1. The van der Waals surface area contributed by atoms with Crippen LogP contribution in [0.25, 0.3) is 21.6 Å². The summed E-state index contributed by atoms with van der Waals surface area (Å²) in [4.78, 5) is 19.0. The Bertz CT molecular complexity index is 1190. The van der Waals surface area contributed by atoms with Crippen molar-refractivity contribution in [2.45, 2.75) is 26.4 Å². The lowest BCUT2D eigenvalue weighted by atomic mass is 10.1. The second-order valence-electron chi connectivity index (χ2n) is 6.95. The van der Waals surface area contributed by atoms with Crippen molar-refractivity contribution in [2.75, 3.05) is 7.05 Å². The van der Waals surface area contributed by atoms with Crippen molar-refractivity contribution in [2.24, 2.45) is 0 Å². The van der Waals surface area contributed by atoms with Crippen molar-refractivity contribution in [3.8, 4) is 11.4 Å². The van der Waals surface area contributed by atoms with Gasteiger partial charge < -0.3 is 4.90 Å². The lowest BCUT2D eigenvalue weighted by Gasteiger charge is -2.16. The van der Waals surface area contributed by atoms with E-state index in [1.165, 1.54) is 0 Å². The average Bonchev–Trinajstić information content (AvgIpc) is 3.28. The van der Waals surface area contributed by atoms with Gasteiger partial charge in [-0.05, 0) is 37.3 Å². The van der Waals surface area contributed by atoms with Crippen LogP contribution in [0.15, 0.2) is 48.5 Å². The van der Waals surface area contributed by atoms with Gasteiger partial charge in [-0.3, -0.25) is 14.5 Å². The van der Waals surface area contributed by atoms with Crippen LogP contribution < -0.4 is 0 Å². The number of nitrogens with one attached hydrogen (secondary N) is 1. The van der Waals surface area contributed by atoms with Crippen LogP contribution in [0.3, 0.4) is 0 Å². The number of H-pyrrole nitrogens is 1. The summed E-state index contributed by atoms with van der Waals surface area (Å²) in [5, 5.41) is 8.13. The molecule has 8 heteroatoms. The number of para-hydroxylation sites is 1. The molecule has 0 saturated carbocycles. The SMILES string of the molecule is Cc1cccc(-c2n[nH]c(=S)n2CCC(=O)N(C)Cc2nc3ccccc3s2)c1. The highest BCUT2D eigenvalue weighted by molar-refractivity contribution is 7.71. The van der Waals surface area contributed by atoms with Gasteiger partial charge >= 0.3 is 0 Å². The van der Waals surface area contributed by atoms with Gasteiger partial charge in [0.1, 0.15) is 5.01 Å². The van der Waals surface area contributed by atoms with Crippen LogP contribution in [-0.2, 0) is 17.9 Å². The molecule has 6 nitrogen and oxygen atoms in total. The first kappa shape index (κ1) is 19.5. The molecule has 0 spiro atoms. The Morgan fingerprint density at radius 2 is 2.07 bits per heavy atom. The minimum absolute atomic E-state index is 0.0440. The highest BCUT2D eigenvalue weighted by atomic mass is 32.1. The van der Waals surface area contributed by atoms with Crippen LogP contribution >= 0.6 is 23.6 Å². The summed E-state index contributed by atoms with van der Waals surface area (Å²) in [5.41, 5.74) is 3.10. The molecular weight excluding hydrogens is 402 g/mol. The zero-order valence-electron chi connectivity index (χ0n) is 16.3. The molecule has 4 aromatic rings. The van der Waals surface area contributed by atoms with E-state index in [1.807, 2.05) is 61.0 Å². The highest BCUT2D eigenvalue weighted by Crippen LogP contribution is 2.23. The standard InChI is InChI=1S/C21H21N5OS2/c1-14-6-5-7-15(12-14)20-23-24-21(28)26(20)11-10-19(27)25(2)13-18-22-16-8-3-4-9-17(16)29-18/h3-9,12H,10-11,13H2,1-2H3,(H,24,28). The number of amides is 1. The minimum Gasteiger partial charge on any atom is -0.339 e. The molecule has 0 saturated heterocycles. The van der Waals surface area contributed by atoms with Gasteiger partial charge in [0.05, 0.1) is 16.8 Å². The molecule has 4 rings (SSSR count). The van der Waals surface area contributed by atoms with E-state index in [2.05, 4.69) is 21.2 Å². The number of aromatic amines is 1. The van der Waals surface area contributed by atoms with E-state index in [0.717, 1.165) is 32.2 Å². The van der Waals surface area contributed by atoms with E-state index < -0.39 is 0 Å². The third-order valence-electron chi connectivity index (χ3n) is 4.72. The maximum atomic E-state index is 12.7. The third kappa shape index (κ3) is 4.28. The van der Waals surface area contributed by atoms with Gasteiger partial charge in [-0.25, -0.2) is 4.98 Å². The molecule has 1 amide bonds. The summed E-state index contributed by atoms with van der Waals surface area (Å²) in [6.07, 6.45) is 0.341. The highest BCUT2D eigenvalue weighted by Gasteiger charge is 2.15. The number of thiazole rings is 1. The fourth-order valence-electron chi connectivity index (χ4n) is 3.21. The van der Waals surface area contributed by atoms with Gasteiger partial charge in [0, 0.05) is 25.6 Å². The topological polar surface area (TPSA) is 66.8 Å². The Morgan fingerprint density at radius 3 is 2.86 bits per heavy atom. The van der Waals surface area contributed by atoms with Crippen molar-refractivity contribution >= 4 is 39.7 Å².